The van der Waals surface area contributed by atoms with Crippen molar-refractivity contribution >= 4 is 15.7 Å². The Labute approximate surface area is 178 Å². The maximum absolute atomic E-state index is 12.3. The first-order chi connectivity index (χ1) is 14.4. The van der Waals surface area contributed by atoms with Gasteiger partial charge in [-0.05, 0) is 55.9 Å². The molecule has 2 aromatic rings. The number of hydrogen-bond acceptors (Lipinski definition) is 5. The van der Waals surface area contributed by atoms with E-state index in [1.165, 1.54) is 12.7 Å². The fourth-order valence-electron chi connectivity index (χ4n) is 3.96. The lowest BCUT2D eigenvalue weighted by atomic mass is 9.83. The number of pyridine rings is 1. The quantitative estimate of drug-likeness (QED) is 0.703. The number of benzene rings is 1. The summed E-state index contributed by atoms with van der Waals surface area (Å²) in [7, 11) is -3.20. The van der Waals surface area contributed by atoms with E-state index >= 15 is 0 Å². The Morgan fingerprint density at radius 2 is 1.77 bits per heavy atom. The van der Waals surface area contributed by atoms with Crippen LogP contribution in [0.3, 0.4) is 0 Å². The second kappa shape index (κ2) is 8.76. The summed E-state index contributed by atoms with van der Waals surface area (Å²) in [6, 6.07) is 10.5. The minimum Gasteiger partial charge on any atom is -0.492 e. The lowest BCUT2D eigenvalue weighted by Crippen LogP contribution is -2.44. The van der Waals surface area contributed by atoms with Crippen molar-refractivity contribution in [3.05, 3.63) is 42.6 Å². The zero-order valence-electron chi connectivity index (χ0n) is 17.3. The number of carbonyl (C=O) groups is 1. The van der Waals surface area contributed by atoms with Gasteiger partial charge in [-0.2, -0.15) is 0 Å². The number of carbonyl (C=O) groups excluding carboxylic acids is 1. The monoisotopic (exact) mass is 428 g/mol. The highest BCUT2D eigenvalue weighted by Crippen LogP contribution is 2.30. The molecule has 1 saturated heterocycles. The first-order valence-electron chi connectivity index (χ1n) is 10.6. The molecule has 2 heterocycles. The molecule has 2 fully saturated rings. The largest absolute Gasteiger partial charge is 0.492 e. The summed E-state index contributed by atoms with van der Waals surface area (Å²) in [5.74, 6) is 1.81. The first-order valence-corrected chi connectivity index (χ1v) is 12.5. The van der Waals surface area contributed by atoms with Gasteiger partial charge in [0.25, 0.3) is 0 Å². The van der Waals surface area contributed by atoms with Crippen LogP contribution in [0.2, 0.25) is 0 Å². The summed E-state index contributed by atoms with van der Waals surface area (Å²) in [5.41, 5.74) is 1.63. The maximum Gasteiger partial charge on any atom is 0.225 e. The molecule has 0 spiro atoms. The van der Waals surface area contributed by atoms with Crippen molar-refractivity contribution in [1.82, 2.24) is 9.88 Å². The molecule has 7 heteroatoms. The van der Waals surface area contributed by atoms with Crippen LogP contribution in [0.15, 0.2) is 47.5 Å². The molecule has 1 saturated carbocycles. The molecule has 4 rings (SSSR count). The normalized spacial score (nSPS) is 18.1. The third-order valence-corrected chi connectivity index (χ3v) is 7.31. The Hall–Kier alpha value is -2.41. The minimum absolute atomic E-state index is 0.282. The third kappa shape index (κ3) is 4.83. The summed E-state index contributed by atoms with van der Waals surface area (Å²) < 4.78 is 29.1. The number of amides is 1. The predicted molar refractivity (Wildman–Crippen MR) is 115 cm³/mol. The number of rotatable bonds is 6. The molecule has 0 bridgehead atoms. The smallest absolute Gasteiger partial charge is 0.225 e. The summed E-state index contributed by atoms with van der Waals surface area (Å²) in [5, 5.41) is 0. The molecular formula is C23H28N2O4S. The van der Waals surface area contributed by atoms with Crippen molar-refractivity contribution in [2.75, 3.05) is 26.0 Å². The standard InChI is InChI=1S/C23H28N2O4S/c1-30(27,28)21-8-5-18(6-9-21)22-10-7-20(15-24-22)29-16-17-11-13-25(14-12-17)23(26)19-3-2-4-19/h5-10,15,17,19H,2-4,11-14,16H2,1H3. The molecule has 0 N–H and O–H groups in total. The van der Waals surface area contributed by atoms with Gasteiger partial charge in [0.15, 0.2) is 9.84 Å². The van der Waals surface area contributed by atoms with Crippen molar-refractivity contribution in [3.63, 3.8) is 0 Å². The number of piperidine rings is 1. The van der Waals surface area contributed by atoms with Gasteiger partial charge >= 0.3 is 0 Å². The summed E-state index contributed by atoms with van der Waals surface area (Å²) in [6.07, 6.45) is 8.18. The highest BCUT2D eigenvalue weighted by Gasteiger charge is 2.31. The number of ether oxygens (including phenoxy) is 1. The third-order valence-electron chi connectivity index (χ3n) is 6.18. The van der Waals surface area contributed by atoms with Crippen molar-refractivity contribution in [1.29, 1.82) is 0 Å². The molecule has 1 aliphatic carbocycles. The van der Waals surface area contributed by atoms with Gasteiger partial charge < -0.3 is 9.64 Å². The zero-order valence-corrected chi connectivity index (χ0v) is 18.1. The molecule has 160 valence electrons. The molecule has 0 unspecified atom stereocenters. The number of nitrogens with zero attached hydrogens (tertiary/aromatic N) is 2. The number of sulfone groups is 1. The topological polar surface area (TPSA) is 76.6 Å². The van der Waals surface area contributed by atoms with E-state index < -0.39 is 9.84 Å². The van der Waals surface area contributed by atoms with Crippen molar-refractivity contribution < 1.29 is 17.9 Å². The fourth-order valence-corrected chi connectivity index (χ4v) is 4.59. The van der Waals surface area contributed by atoms with Gasteiger partial charge in [0.05, 0.1) is 23.4 Å². The van der Waals surface area contributed by atoms with Crippen LogP contribution in [0.1, 0.15) is 32.1 Å². The Balaban J connectivity index is 1.27. The Kier molecular flexibility index (Phi) is 6.09. The van der Waals surface area contributed by atoms with Crippen LogP contribution in [0.4, 0.5) is 0 Å². The van der Waals surface area contributed by atoms with E-state index in [0.717, 1.165) is 55.8 Å². The fraction of sp³-hybridized carbons (Fsp3) is 0.478. The van der Waals surface area contributed by atoms with Crippen molar-refractivity contribution in [3.8, 4) is 17.0 Å². The molecular weight excluding hydrogens is 400 g/mol. The average molecular weight is 429 g/mol. The van der Waals surface area contributed by atoms with E-state index in [1.54, 1.807) is 30.5 Å². The van der Waals surface area contributed by atoms with E-state index in [-0.39, 0.29) is 5.92 Å². The van der Waals surface area contributed by atoms with Crippen LogP contribution in [0.5, 0.6) is 5.75 Å². The zero-order chi connectivity index (χ0) is 21.1. The van der Waals surface area contributed by atoms with Gasteiger partial charge in [-0.3, -0.25) is 9.78 Å². The van der Waals surface area contributed by atoms with E-state index in [0.29, 0.717) is 23.3 Å². The lowest BCUT2D eigenvalue weighted by molar-refractivity contribution is -0.139. The Morgan fingerprint density at radius 1 is 1.07 bits per heavy atom. The maximum atomic E-state index is 12.3. The van der Waals surface area contributed by atoms with Gasteiger partial charge in [0.1, 0.15) is 5.75 Å². The predicted octanol–water partition coefficient (Wildman–Crippen LogP) is 3.57. The summed E-state index contributed by atoms with van der Waals surface area (Å²) >= 11 is 0. The van der Waals surface area contributed by atoms with Crippen LogP contribution >= 0.6 is 0 Å². The minimum atomic E-state index is -3.20. The number of hydrogen-bond donors (Lipinski definition) is 0. The van der Waals surface area contributed by atoms with E-state index in [4.69, 9.17) is 4.74 Å². The molecule has 0 atom stereocenters. The lowest BCUT2D eigenvalue weighted by Gasteiger charge is -2.36. The van der Waals surface area contributed by atoms with Crippen LogP contribution in [-0.2, 0) is 14.6 Å². The molecule has 1 aromatic carbocycles. The van der Waals surface area contributed by atoms with Crippen LogP contribution in [0, 0.1) is 11.8 Å². The SMILES string of the molecule is CS(=O)(=O)c1ccc(-c2ccc(OCC3CCN(C(=O)C4CCC4)CC3)cn2)cc1. The highest BCUT2D eigenvalue weighted by molar-refractivity contribution is 7.90. The second-order valence-corrected chi connectivity index (χ2v) is 10.4. The van der Waals surface area contributed by atoms with Crippen LogP contribution < -0.4 is 4.74 Å². The molecule has 1 amide bonds. The summed E-state index contributed by atoms with van der Waals surface area (Å²) in [4.78, 5) is 19.1. The van der Waals surface area contributed by atoms with Gasteiger partial charge in [-0.15, -0.1) is 0 Å². The summed E-state index contributed by atoms with van der Waals surface area (Å²) in [6.45, 7) is 2.31. The van der Waals surface area contributed by atoms with E-state index in [2.05, 4.69) is 4.98 Å². The Morgan fingerprint density at radius 3 is 2.30 bits per heavy atom. The number of aromatic nitrogens is 1. The molecule has 2 aliphatic rings. The first kappa shape index (κ1) is 20.8. The number of likely N-dealkylation sites (tertiary alicyclic amines) is 1. The van der Waals surface area contributed by atoms with Gasteiger partial charge in [-0.1, -0.05) is 18.6 Å². The molecule has 6 nitrogen and oxygen atoms in total. The van der Waals surface area contributed by atoms with Gasteiger partial charge in [-0.25, -0.2) is 8.42 Å². The Bertz CT molecular complexity index is 975. The molecule has 1 aliphatic heterocycles. The van der Waals surface area contributed by atoms with Crippen molar-refractivity contribution in [2.45, 2.75) is 37.0 Å². The molecule has 1 aromatic heterocycles. The second-order valence-electron chi connectivity index (χ2n) is 8.38. The van der Waals surface area contributed by atoms with Gasteiger partial charge in [0.2, 0.25) is 5.91 Å². The molecule has 0 radical (unpaired) electrons. The average Bonchev–Trinajstić information content (AvgIpc) is 2.71. The van der Waals surface area contributed by atoms with E-state index in [9.17, 15) is 13.2 Å². The van der Waals surface area contributed by atoms with Gasteiger partial charge in [0, 0.05) is 30.8 Å². The van der Waals surface area contributed by atoms with Crippen molar-refractivity contribution in [2.24, 2.45) is 11.8 Å². The molecule has 30 heavy (non-hydrogen) atoms. The van der Waals surface area contributed by atoms with E-state index in [1.807, 2.05) is 17.0 Å². The van der Waals surface area contributed by atoms with Crippen LogP contribution in [-0.4, -0.2) is 50.2 Å². The highest BCUT2D eigenvalue weighted by atomic mass is 32.2. The van der Waals surface area contributed by atoms with Crippen LogP contribution in [0.25, 0.3) is 11.3 Å².